The van der Waals surface area contributed by atoms with Crippen LogP contribution in [0.5, 0.6) is 0 Å². The van der Waals surface area contributed by atoms with Gasteiger partial charge in [-0.05, 0) is 26.1 Å². The molecule has 0 saturated carbocycles. The number of piperidine rings is 1. The van der Waals surface area contributed by atoms with Crippen molar-refractivity contribution in [2.45, 2.75) is 18.6 Å². The van der Waals surface area contributed by atoms with Crippen LogP contribution in [0.15, 0.2) is 17.1 Å². The van der Waals surface area contributed by atoms with Crippen LogP contribution in [-0.2, 0) is 0 Å². The van der Waals surface area contributed by atoms with Crippen LogP contribution in [0.25, 0.3) is 0 Å². The van der Waals surface area contributed by atoms with Crippen LogP contribution in [0.2, 0.25) is 0 Å². The minimum absolute atomic E-state index is 0.307. The average Bonchev–Trinajstić information content (AvgIpc) is 2.17. The summed E-state index contributed by atoms with van der Waals surface area (Å²) in [5.74, 6) is 0.536. The maximum absolute atomic E-state index is 4.39. The lowest BCUT2D eigenvalue weighted by Crippen LogP contribution is -2.52. The molecule has 0 radical (unpaired) electrons. The van der Waals surface area contributed by atoms with Crippen LogP contribution in [0.1, 0.15) is 6.42 Å². The first-order valence-electron chi connectivity index (χ1n) is 4.52. The molecule has 3 nitrogen and oxygen atoms in total. The molecule has 2 aliphatic heterocycles. The summed E-state index contributed by atoms with van der Waals surface area (Å²) < 4.78 is 0. The van der Waals surface area contributed by atoms with Crippen LogP contribution < -0.4 is 10.6 Å². The van der Waals surface area contributed by atoms with Crippen molar-refractivity contribution < 1.29 is 0 Å². The third-order valence-electron chi connectivity index (χ3n) is 2.67. The van der Waals surface area contributed by atoms with Gasteiger partial charge in [0.2, 0.25) is 0 Å². The van der Waals surface area contributed by atoms with Crippen molar-refractivity contribution in [3.05, 3.63) is 12.2 Å². The van der Waals surface area contributed by atoms with Gasteiger partial charge in [0.25, 0.3) is 0 Å². The Hall–Kier alpha value is -0.670. The van der Waals surface area contributed by atoms with Crippen molar-refractivity contribution in [1.29, 1.82) is 0 Å². The zero-order valence-corrected chi connectivity index (χ0v) is 7.33. The molecule has 1 fully saturated rings. The van der Waals surface area contributed by atoms with Crippen molar-refractivity contribution in [2.75, 3.05) is 13.6 Å². The highest BCUT2D eigenvalue weighted by Crippen LogP contribution is 2.21. The van der Waals surface area contributed by atoms with Crippen LogP contribution >= 0.6 is 0 Å². The molecule has 0 aromatic heterocycles. The molecule has 3 atom stereocenters. The van der Waals surface area contributed by atoms with Gasteiger partial charge in [-0.25, -0.2) is 0 Å². The van der Waals surface area contributed by atoms with Gasteiger partial charge < -0.3 is 5.32 Å². The minimum Gasteiger partial charge on any atom is -0.316 e. The normalized spacial score (nSPS) is 39.6. The quantitative estimate of drug-likeness (QED) is 0.580. The van der Waals surface area contributed by atoms with E-state index in [1.165, 1.54) is 6.42 Å². The summed E-state index contributed by atoms with van der Waals surface area (Å²) in [7, 11) is 2.03. The van der Waals surface area contributed by atoms with Crippen molar-refractivity contribution >= 4 is 6.21 Å². The lowest BCUT2D eigenvalue weighted by atomic mass is 9.89. The number of nitrogens with zero attached hydrogens (tertiary/aromatic N) is 1. The molecule has 2 rings (SSSR count). The topological polar surface area (TPSA) is 36.4 Å². The van der Waals surface area contributed by atoms with Crippen molar-refractivity contribution in [3.8, 4) is 0 Å². The summed E-state index contributed by atoms with van der Waals surface area (Å²) in [6, 6.07) is 0.588. The molecule has 0 aliphatic carbocycles. The number of hydrogen-bond donors (Lipinski definition) is 2. The van der Waals surface area contributed by atoms with Crippen LogP contribution in [0.3, 0.4) is 0 Å². The third kappa shape index (κ3) is 1.30. The fourth-order valence-electron chi connectivity index (χ4n) is 1.98. The van der Waals surface area contributed by atoms with E-state index in [2.05, 4.69) is 21.7 Å². The molecule has 66 valence electrons. The van der Waals surface area contributed by atoms with Crippen LogP contribution in [0, 0.1) is 5.92 Å². The molecule has 2 aliphatic rings. The number of fused-ring (bicyclic) bond motifs is 1. The predicted octanol–water partition coefficient (Wildman–Crippen LogP) is 0.151. The fraction of sp³-hybridized carbons (Fsp3) is 0.667. The number of aliphatic imine (C=N–C) groups is 1. The maximum Gasteiger partial charge on any atom is 0.107 e. The molecule has 2 heterocycles. The van der Waals surface area contributed by atoms with Gasteiger partial charge in [0.1, 0.15) is 6.17 Å². The van der Waals surface area contributed by atoms with Crippen molar-refractivity contribution in [2.24, 2.45) is 10.9 Å². The molecule has 3 unspecified atom stereocenters. The molecule has 0 amide bonds. The lowest BCUT2D eigenvalue weighted by Gasteiger charge is -2.36. The molecule has 12 heavy (non-hydrogen) atoms. The zero-order valence-electron chi connectivity index (χ0n) is 7.33. The van der Waals surface area contributed by atoms with Crippen molar-refractivity contribution in [3.63, 3.8) is 0 Å². The van der Waals surface area contributed by atoms with E-state index in [-0.39, 0.29) is 0 Å². The van der Waals surface area contributed by atoms with E-state index in [1.54, 1.807) is 0 Å². The highest BCUT2D eigenvalue weighted by molar-refractivity contribution is 5.72. The second kappa shape index (κ2) is 3.37. The number of nitrogens with one attached hydrogen (secondary N) is 2. The standard InChI is InChI=1S/C9H15N3/c1-10-8-4-6-12-9-7(8)3-2-5-11-9/h2-3,5,7-10,12H,4,6H2,1H3. The fourth-order valence-corrected chi connectivity index (χ4v) is 1.98. The van der Waals surface area contributed by atoms with Gasteiger partial charge in [0, 0.05) is 18.2 Å². The van der Waals surface area contributed by atoms with E-state index < -0.39 is 0 Å². The monoisotopic (exact) mass is 165 g/mol. The smallest absolute Gasteiger partial charge is 0.107 e. The summed E-state index contributed by atoms with van der Waals surface area (Å²) in [6.45, 7) is 1.07. The minimum atomic E-state index is 0.307. The summed E-state index contributed by atoms with van der Waals surface area (Å²) in [6.07, 6.45) is 7.66. The van der Waals surface area contributed by atoms with E-state index in [9.17, 15) is 0 Å². The summed E-state index contributed by atoms with van der Waals surface area (Å²) in [4.78, 5) is 4.39. The second-order valence-corrected chi connectivity index (χ2v) is 3.34. The molecular formula is C9H15N3. The Bertz CT molecular complexity index is 210. The van der Waals surface area contributed by atoms with Crippen LogP contribution in [0.4, 0.5) is 0 Å². The molecule has 0 aromatic carbocycles. The summed E-state index contributed by atoms with van der Waals surface area (Å²) >= 11 is 0. The highest BCUT2D eigenvalue weighted by Gasteiger charge is 2.30. The van der Waals surface area contributed by atoms with Crippen LogP contribution in [-0.4, -0.2) is 32.0 Å². The second-order valence-electron chi connectivity index (χ2n) is 3.34. The Morgan fingerprint density at radius 3 is 3.33 bits per heavy atom. The van der Waals surface area contributed by atoms with Gasteiger partial charge in [-0.15, -0.1) is 0 Å². The number of allylic oxidation sites excluding steroid dienone is 1. The average molecular weight is 165 g/mol. The largest absolute Gasteiger partial charge is 0.316 e. The molecule has 2 N–H and O–H groups in total. The van der Waals surface area contributed by atoms with Gasteiger partial charge in [-0.1, -0.05) is 6.08 Å². The van der Waals surface area contributed by atoms with E-state index in [0.717, 1.165) is 6.54 Å². The van der Waals surface area contributed by atoms with Crippen molar-refractivity contribution in [1.82, 2.24) is 10.6 Å². The lowest BCUT2D eigenvalue weighted by molar-refractivity contribution is 0.267. The number of hydrogen-bond acceptors (Lipinski definition) is 3. The SMILES string of the molecule is CNC1CCNC2N=CC=CC12. The van der Waals surface area contributed by atoms with Gasteiger partial charge in [0.15, 0.2) is 0 Å². The van der Waals surface area contributed by atoms with E-state index in [4.69, 9.17) is 0 Å². The van der Waals surface area contributed by atoms with Gasteiger partial charge in [-0.2, -0.15) is 0 Å². The first kappa shape index (κ1) is 7.95. The Labute approximate surface area is 73.0 Å². The van der Waals surface area contributed by atoms with E-state index >= 15 is 0 Å². The molecular weight excluding hydrogens is 150 g/mol. The Morgan fingerprint density at radius 2 is 2.50 bits per heavy atom. The molecule has 0 bridgehead atoms. The maximum atomic E-state index is 4.39. The van der Waals surface area contributed by atoms with Gasteiger partial charge in [-0.3, -0.25) is 10.3 Å². The molecule has 0 aromatic rings. The Kier molecular flexibility index (Phi) is 2.23. The zero-order chi connectivity index (χ0) is 8.39. The summed E-state index contributed by atoms with van der Waals surface area (Å²) in [5, 5.41) is 6.73. The van der Waals surface area contributed by atoms with E-state index in [0.29, 0.717) is 18.1 Å². The van der Waals surface area contributed by atoms with E-state index in [1.807, 2.05) is 19.3 Å². The Balaban J connectivity index is 2.11. The molecule has 3 heteroatoms. The number of rotatable bonds is 1. The summed E-state index contributed by atoms with van der Waals surface area (Å²) in [5.41, 5.74) is 0. The molecule has 1 saturated heterocycles. The Morgan fingerprint density at radius 1 is 1.58 bits per heavy atom. The van der Waals surface area contributed by atoms with Gasteiger partial charge >= 0.3 is 0 Å². The third-order valence-corrected chi connectivity index (χ3v) is 2.67. The number of dihydropyridines is 1. The first-order valence-corrected chi connectivity index (χ1v) is 4.52. The highest BCUT2D eigenvalue weighted by atomic mass is 15.1. The van der Waals surface area contributed by atoms with Gasteiger partial charge in [0.05, 0.1) is 0 Å². The predicted molar refractivity (Wildman–Crippen MR) is 50.4 cm³/mol. The first-order chi connectivity index (χ1) is 5.92. The molecule has 0 spiro atoms.